The van der Waals surface area contributed by atoms with Crippen molar-refractivity contribution >= 4 is 0 Å². The third-order valence-electron chi connectivity index (χ3n) is 2.27. The summed E-state index contributed by atoms with van der Waals surface area (Å²) in [4.78, 5) is 0. The van der Waals surface area contributed by atoms with Crippen LogP contribution in [0.5, 0.6) is 0 Å². The molecule has 1 aromatic heterocycles. The number of hydrogen-bond acceptors (Lipinski definition) is 1. The maximum Gasteiger partial charge on any atom is 0.0482 e. The van der Waals surface area contributed by atoms with Crippen molar-refractivity contribution in [1.82, 2.24) is 10.2 Å². The van der Waals surface area contributed by atoms with E-state index in [4.69, 9.17) is 0 Å². The van der Waals surface area contributed by atoms with Crippen LogP contribution in [-0.4, -0.2) is 10.2 Å². The minimum absolute atomic E-state index is 0. The normalized spacial score (nSPS) is 10.1. The van der Waals surface area contributed by atoms with Crippen LogP contribution in [-0.2, 0) is 32.7 Å². The Kier molecular flexibility index (Phi) is 4.68. The molecule has 0 spiro atoms. The van der Waals surface area contributed by atoms with E-state index in [0.29, 0.717) is 5.92 Å². The SMILES string of the molecule is CC(C)c1[c-]cc(-c2ccn[nH]2)cc1.[Y]. The molecule has 0 unspecified atom stereocenters. The van der Waals surface area contributed by atoms with Gasteiger partial charge < -0.3 is 0 Å². The zero-order chi connectivity index (χ0) is 9.97. The summed E-state index contributed by atoms with van der Waals surface area (Å²) < 4.78 is 0. The van der Waals surface area contributed by atoms with Crippen molar-refractivity contribution in [3.8, 4) is 11.3 Å². The first-order chi connectivity index (χ1) is 6.77. The summed E-state index contributed by atoms with van der Waals surface area (Å²) in [6.45, 7) is 4.34. The first-order valence-electron chi connectivity index (χ1n) is 4.79. The van der Waals surface area contributed by atoms with Gasteiger partial charge in [-0.25, -0.2) is 0 Å². The number of hydrogen-bond donors (Lipinski definition) is 1. The molecule has 0 aliphatic heterocycles. The smallest absolute Gasteiger partial charge is 0.0482 e. The zero-order valence-electron chi connectivity index (χ0n) is 8.99. The molecule has 0 amide bonds. The standard InChI is InChI=1S/C12H13N2.Y/c1-9(2)10-3-5-11(6-4-10)12-7-8-13-14-12;/h3,5-9H,1-2H3,(H,13,14);/q-1;. The van der Waals surface area contributed by atoms with Crippen LogP contribution in [0.15, 0.2) is 30.5 Å². The first kappa shape index (κ1) is 12.6. The molecule has 0 aliphatic rings. The van der Waals surface area contributed by atoms with Crippen LogP contribution in [0.2, 0.25) is 0 Å². The molecule has 75 valence electrons. The van der Waals surface area contributed by atoms with Crippen LogP contribution in [0, 0.1) is 6.07 Å². The van der Waals surface area contributed by atoms with Crippen LogP contribution in [0.4, 0.5) is 0 Å². The van der Waals surface area contributed by atoms with E-state index in [1.807, 2.05) is 12.1 Å². The Balaban J connectivity index is 0.00000112. The Labute approximate surface area is 115 Å². The quantitative estimate of drug-likeness (QED) is 0.838. The number of nitrogens with one attached hydrogen (secondary N) is 1. The molecule has 1 heterocycles. The molecule has 2 nitrogen and oxygen atoms in total. The van der Waals surface area contributed by atoms with Crippen molar-refractivity contribution in [1.29, 1.82) is 0 Å². The van der Waals surface area contributed by atoms with Gasteiger partial charge in [0.15, 0.2) is 0 Å². The fourth-order valence-electron chi connectivity index (χ4n) is 1.38. The first-order valence-corrected chi connectivity index (χ1v) is 4.79. The van der Waals surface area contributed by atoms with Crippen LogP contribution >= 0.6 is 0 Å². The minimum Gasteiger partial charge on any atom is -0.290 e. The second-order valence-electron chi connectivity index (χ2n) is 3.66. The van der Waals surface area contributed by atoms with Crippen molar-refractivity contribution < 1.29 is 32.7 Å². The van der Waals surface area contributed by atoms with E-state index in [0.717, 1.165) is 11.3 Å². The fraction of sp³-hybridized carbons (Fsp3) is 0.250. The van der Waals surface area contributed by atoms with E-state index < -0.39 is 0 Å². The molecular weight excluding hydrogens is 261 g/mol. The molecule has 0 fully saturated rings. The van der Waals surface area contributed by atoms with Crippen molar-refractivity contribution in [2.75, 3.05) is 0 Å². The molecule has 3 heteroatoms. The summed E-state index contributed by atoms with van der Waals surface area (Å²) in [5.41, 5.74) is 3.41. The van der Waals surface area contributed by atoms with Crippen molar-refractivity contribution in [3.63, 3.8) is 0 Å². The largest absolute Gasteiger partial charge is 0.290 e. The van der Waals surface area contributed by atoms with Crippen LogP contribution in [0.1, 0.15) is 25.3 Å². The monoisotopic (exact) mass is 274 g/mol. The number of nitrogens with zero attached hydrogens (tertiary/aromatic N) is 1. The maximum absolute atomic E-state index is 3.92. The average molecular weight is 274 g/mol. The zero-order valence-corrected chi connectivity index (χ0v) is 11.8. The molecule has 1 N–H and O–H groups in total. The van der Waals surface area contributed by atoms with E-state index in [1.165, 1.54) is 5.56 Å². The summed E-state index contributed by atoms with van der Waals surface area (Å²) in [6, 6.07) is 11.4. The predicted octanol–water partition coefficient (Wildman–Crippen LogP) is 3.00. The van der Waals surface area contributed by atoms with Crippen molar-refractivity contribution in [2.24, 2.45) is 0 Å². The van der Waals surface area contributed by atoms with Gasteiger partial charge in [0.1, 0.15) is 0 Å². The Morgan fingerprint density at radius 2 is 2.07 bits per heavy atom. The number of benzene rings is 1. The minimum atomic E-state index is 0. The molecule has 0 saturated carbocycles. The van der Waals surface area contributed by atoms with Gasteiger partial charge in [0, 0.05) is 44.6 Å². The number of rotatable bonds is 2. The molecule has 0 saturated heterocycles. The molecular formula is C12H13N2Y-. The average Bonchev–Trinajstić information content (AvgIpc) is 2.71. The van der Waals surface area contributed by atoms with E-state index in [-0.39, 0.29) is 32.7 Å². The van der Waals surface area contributed by atoms with E-state index in [1.54, 1.807) is 6.20 Å². The van der Waals surface area contributed by atoms with Gasteiger partial charge in [0.2, 0.25) is 0 Å². The second-order valence-corrected chi connectivity index (χ2v) is 3.66. The number of aromatic amines is 1. The van der Waals surface area contributed by atoms with Crippen molar-refractivity contribution in [2.45, 2.75) is 19.8 Å². The third kappa shape index (κ3) is 2.99. The van der Waals surface area contributed by atoms with E-state index in [2.05, 4.69) is 42.2 Å². The summed E-state index contributed by atoms with van der Waals surface area (Å²) in [6.07, 6.45) is 1.76. The fourth-order valence-corrected chi connectivity index (χ4v) is 1.38. The van der Waals surface area contributed by atoms with Crippen LogP contribution < -0.4 is 0 Å². The van der Waals surface area contributed by atoms with Gasteiger partial charge in [0.05, 0.1) is 0 Å². The Morgan fingerprint density at radius 1 is 1.27 bits per heavy atom. The molecule has 2 aromatic rings. The summed E-state index contributed by atoms with van der Waals surface area (Å²) >= 11 is 0. The van der Waals surface area contributed by atoms with Gasteiger partial charge in [0.25, 0.3) is 0 Å². The number of H-pyrrole nitrogens is 1. The molecule has 1 radical (unpaired) electrons. The van der Waals surface area contributed by atoms with Gasteiger partial charge in [-0.15, -0.1) is 5.56 Å². The van der Waals surface area contributed by atoms with E-state index in [9.17, 15) is 0 Å². The van der Waals surface area contributed by atoms with Gasteiger partial charge in [-0.2, -0.15) is 34.9 Å². The van der Waals surface area contributed by atoms with Crippen LogP contribution in [0.25, 0.3) is 11.3 Å². The summed E-state index contributed by atoms with van der Waals surface area (Å²) in [7, 11) is 0. The molecule has 2 rings (SSSR count). The van der Waals surface area contributed by atoms with E-state index >= 15 is 0 Å². The Bertz CT molecular complexity index is 390. The summed E-state index contributed by atoms with van der Waals surface area (Å²) in [5.74, 6) is 0.533. The molecule has 0 atom stereocenters. The van der Waals surface area contributed by atoms with Crippen LogP contribution in [0.3, 0.4) is 0 Å². The predicted molar refractivity (Wildman–Crippen MR) is 56.9 cm³/mol. The third-order valence-corrected chi connectivity index (χ3v) is 2.27. The number of aromatic nitrogens is 2. The molecule has 0 aliphatic carbocycles. The van der Waals surface area contributed by atoms with Crippen molar-refractivity contribution in [3.05, 3.63) is 42.1 Å². The maximum atomic E-state index is 3.92. The molecule has 15 heavy (non-hydrogen) atoms. The molecule has 1 aromatic carbocycles. The topological polar surface area (TPSA) is 28.7 Å². The van der Waals surface area contributed by atoms with Gasteiger partial charge in [-0.05, 0) is 12.0 Å². The second kappa shape index (κ2) is 5.57. The van der Waals surface area contributed by atoms with Gasteiger partial charge >= 0.3 is 0 Å². The van der Waals surface area contributed by atoms with Gasteiger partial charge in [-0.1, -0.05) is 13.8 Å². The Morgan fingerprint density at radius 3 is 2.53 bits per heavy atom. The summed E-state index contributed by atoms with van der Waals surface area (Å²) in [5, 5.41) is 6.85. The molecule has 0 bridgehead atoms. The van der Waals surface area contributed by atoms with Gasteiger partial charge in [-0.3, -0.25) is 5.10 Å². The Hall–Kier alpha value is -0.466.